The van der Waals surface area contributed by atoms with Gasteiger partial charge in [-0.1, -0.05) is 0 Å². The van der Waals surface area contributed by atoms with E-state index in [4.69, 9.17) is 4.74 Å². The van der Waals surface area contributed by atoms with E-state index in [2.05, 4.69) is 15.1 Å². The first-order chi connectivity index (χ1) is 6.83. The molecule has 2 rings (SSSR count). The maximum atomic E-state index is 11.4. The summed E-state index contributed by atoms with van der Waals surface area (Å²) < 4.78 is 5.06. The molecule has 0 aliphatic carbocycles. The van der Waals surface area contributed by atoms with E-state index >= 15 is 0 Å². The van der Waals surface area contributed by atoms with Crippen LogP contribution >= 0.6 is 0 Å². The topological polar surface area (TPSA) is 58.2 Å². The summed E-state index contributed by atoms with van der Waals surface area (Å²) in [5.41, 5.74) is 0.533. The van der Waals surface area contributed by atoms with Gasteiger partial charge in [-0.3, -0.25) is 4.79 Å². The van der Waals surface area contributed by atoms with E-state index in [1.165, 1.54) is 7.11 Å². The SMILES string of the molecule is COc1c(N2CCCC2)cn[nH]c1=O. The normalized spacial score (nSPS) is 15.9. The third-order valence-corrected chi connectivity index (χ3v) is 2.44. The number of anilines is 1. The molecule has 0 saturated carbocycles. The van der Waals surface area contributed by atoms with E-state index < -0.39 is 0 Å². The molecular weight excluding hydrogens is 182 g/mol. The highest BCUT2D eigenvalue weighted by Gasteiger charge is 2.18. The molecule has 14 heavy (non-hydrogen) atoms. The number of hydrogen-bond acceptors (Lipinski definition) is 4. The number of rotatable bonds is 2. The Morgan fingerprint density at radius 3 is 2.86 bits per heavy atom. The van der Waals surface area contributed by atoms with Crippen molar-refractivity contribution >= 4 is 5.69 Å². The number of methoxy groups -OCH3 is 1. The molecule has 0 bridgehead atoms. The van der Waals surface area contributed by atoms with E-state index in [-0.39, 0.29) is 5.56 Å². The quantitative estimate of drug-likeness (QED) is 0.741. The summed E-state index contributed by atoms with van der Waals surface area (Å²) in [6.07, 6.45) is 3.97. The van der Waals surface area contributed by atoms with Crippen molar-refractivity contribution in [2.24, 2.45) is 0 Å². The fourth-order valence-corrected chi connectivity index (χ4v) is 1.76. The lowest BCUT2D eigenvalue weighted by Crippen LogP contribution is -2.22. The molecule has 1 aromatic heterocycles. The van der Waals surface area contributed by atoms with Crippen LogP contribution in [0.1, 0.15) is 12.8 Å². The molecule has 5 heteroatoms. The fraction of sp³-hybridized carbons (Fsp3) is 0.556. The number of nitrogens with zero attached hydrogens (tertiary/aromatic N) is 2. The molecule has 1 aliphatic rings. The van der Waals surface area contributed by atoms with Crippen LogP contribution in [0.5, 0.6) is 5.75 Å². The van der Waals surface area contributed by atoms with Crippen molar-refractivity contribution in [2.45, 2.75) is 12.8 Å². The van der Waals surface area contributed by atoms with Crippen molar-refractivity contribution in [2.75, 3.05) is 25.1 Å². The van der Waals surface area contributed by atoms with Crippen LogP contribution in [0.2, 0.25) is 0 Å². The zero-order valence-corrected chi connectivity index (χ0v) is 8.12. The van der Waals surface area contributed by atoms with Gasteiger partial charge in [0, 0.05) is 13.1 Å². The molecule has 0 aromatic carbocycles. The smallest absolute Gasteiger partial charge is 0.308 e. The Labute approximate surface area is 81.7 Å². The Morgan fingerprint density at radius 1 is 1.50 bits per heavy atom. The maximum Gasteiger partial charge on any atom is 0.308 e. The van der Waals surface area contributed by atoms with Crippen LogP contribution in [-0.4, -0.2) is 30.4 Å². The van der Waals surface area contributed by atoms with Gasteiger partial charge >= 0.3 is 5.56 Å². The molecule has 0 unspecified atom stereocenters. The number of aromatic amines is 1. The lowest BCUT2D eigenvalue weighted by atomic mass is 10.4. The van der Waals surface area contributed by atoms with Gasteiger partial charge in [0.25, 0.3) is 0 Å². The minimum absolute atomic E-state index is 0.267. The third kappa shape index (κ3) is 1.45. The Morgan fingerprint density at radius 2 is 2.21 bits per heavy atom. The van der Waals surface area contributed by atoms with E-state index in [0.29, 0.717) is 5.75 Å². The number of hydrogen-bond donors (Lipinski definition) is 1. The zero-order chi connectivity index (χ0) is 9.97. The molecule has 1 aliphatic heterocycles. The van der Waals surface area contributed by atoms with Crippen molar-refractivity contribution in [1.29, 1.82) is 0 Å². The highest BCUT2D eigenvalue weighted by atomic mass is 16.5. The van der Waals surface area contributed by atoms with Gasteiger partial charge in [-0.05, 0) is 12.8 Å². The first-order valence-electron chi connectivity index (χ1n) is 4.69. The number of H-pyrrole nitrogens is 1. The number of nitrogens with one attached hydrogen (secondary N) is 1. The molecule has 1 N–H and O–H groups in total. The van der Waals surface area contributed by atoms with Crippen molar-refractivity contribution < 1.29 is 4.74 Å². The summed E-state index contributed by atoms with van der Waals surface area (Å²) in [4.78, 5) is 13.5. The van der Waals surface area contributed by atoms with E-state index in [1.54, 1.807) is 6.20 Å². The van der Waals surface area contributed by atoms with Gasteiger partial charge in [-0.25, -0.2) is 5.10 Å². The Kier molecular flexibility index (Phi) is 2.39. The first kappa shape index (κ1) is 9.05. The van der Waals surface area contributed by atoms with Gasteiger partial charge in [0.1, 0.15) is 5.69 Å². The molecule has 76 valence electrons. The predicted molar refractivity (Wildman–Crippen MR) is 52.9 cm³/mol. The number of aromatic nitrogens is 2. The second-order valence-corrected chi connectivity index (χ2v) is 3.31. The standard InChI is InChI=1S/C9H13N3O2/c1-14-8-7(6-10-11-9(8)13)12-4-2-3-5-12/h6H,2-5H2,1H3,(H,11,13). The molecule has 2 heterocycles. The lowest BCUT2D eigenvalue weighted by Gasteiger charge is -2.18. The average molecular weight is 195 g/mol. The Bertz CT molecular complexity index is 369. The second kappa shape index (κ2) is 3.69. The molecule has 1 saturated heterocycles. The third-order valence-electron chi connectivity index (χ3n) is 2.44. The van der Waals surface area contributed by atoms with Crippen LogP contribution < -0.4 is 15.2 Å². The van der Waals surface area contributed by atoms with Crippen molar-refractivity contribution in [1.82, 2.24) is 10.2 Å². The molecule has 0 atom stereocenters. The second-order valence-electron chi connectivity index (χ2n) is 3.31. The van der Waals surface area contributed by atoms with Gasteiger partial charge in [-0.15, -0.1) is 0 Å². The van der Waals surface area contributed by atoms with E-state index in [9.17, 15) is 4.79 Å². The molecular formula is C9H13N3O2. The summed E-state index contributed by atoms with van der Waals surface area (Å²) >= 11 is 0. The predicted octanol–water partition coefficient (Wildman–Crippen LogP) is 0.379. The van der Waals surface area contributed by atoms with Crippen molar-refractivity contribution in [3.05, 3.63) is 16.6 Å². The van der Waals surface area contributed by atoms with Gasteiger partial charge in [0.05, 0.1) is 13.3 Å². The largest absolute Gasteiger partial charge is 0.490 e. The van der Waals surface area contributed by atoms with E-state index in [1.807, 2.05) is 0 Å². The number of ether oxygens (including phenoxy) is 1. The average Bonchev–Trinajstić information content (AvgIpc) is 2.70. The van der Waals surface area contributed by atoms with Crippen LogP contribution in [0.4, 0.5) is 5.69 Å². The van der Waals surface area contributed by atoms with E-state index in [0.717, 1.165) is 31.6 Å². The van der Waals surface area contributed by atoms with Gasteiger partial charge in [-0.2, -0.15) is 5.10 Å². The Hall–Kier alpha value is -1.52. The highest BCUT2D eigenvalue weighted by molar-refractivity contribution is 5.55. The molecule has 0 radical (unpaired) electrons. The maximum absolute atomic E-state index is 11.4. The van der Waals surface area contributed by atoms with Crippen LogP contribution in [0.3, 0.4) is 0 Å². The summed E-state index contributed by atoms with van der Waals surface area (Å²) in [7, 11) is 1.50. The Balaban J connectivity index is 2.40. The minimum Gasteiger partial charge on any atom is -0.490 e. The zero-order valence-electron chi connectivity index (χ0n) is 8.12. The fourth-order valence-electron chi connectivity index (χ4n) is 1.76. The summed E-state index contributed by atoms with van der Waals surface area (Å²) in [6, 6.07) is 0. The lowest BCUT2D eigenvalue weighted by molar-refractivity contribution is 0.406. The van der Waals surface area contributed by atoms with Gasteiger partial charge in [0.15, 0.2) is 0 Å². The molecule has 1 fully saturated rings. The van der Waals surface area contributed by atoms with Crippen LogP contribution in [0.25, 0.3) is 0 Å². The molecule has 0 amide bonds. The summed E-state index contributed by atoms with van der Waals surface area (Å²) in [5.74, 6) is 0.363. The molecule has 5 nitrogen and oxygen atoms in total. The summed E-state index contributed by atoms with van der Waals surface area (Å²) in [6.45, 7) is 1.95. The van der Waals surface area contributed by atoms with Crippen LogP contribution in [-0.2, 0) is 0 Å². The highest BCUT2D eigenvalue weighted by Crippen LogP contribution is 2.25. The van der Waals surface area contributed by atoms with Gasteiger partial charge < -0.3 is 9.64 Å². The van der Waals surface area contributed by atoms with Crippen LogP contribution in [0, 0.1) is 0 Å². The van der Waals surface area contributed by atoms with Gasteiger partial charge in [0.2, 0.25) is 5.75 Å². The van der Waals surface area contributed by atoms with Crippen molar-refractivity contribution in [3.8, 4) is 5.75 Å². The van der Waals surface area contributed by atoms with Crippen molar-refractivity contribution in [3.63, 3.8) is 0 Å². The molecule has 1 aromatic rings. The minimum atomic E-state index is -0.267. The molecule has 0 spiro atoms. The summed E-state index contributed by atoms with van der Waals surface area (Å²) in [5, 5.41) is 6.14. The monoisotopic (exact) mass is 195 g/mol. The van der Waals surface area contributed by atoms with Crippen LogP contribution in [0.15, 0.2) is 11.0 Å². The first-order valence-corrected chi connectivity index (χ1v) is 4.69.